The highest BCUT2D eigenvalue weighted by molar-refractivity contribution is 5.30. The summed E-state index contributed by atoms with van der Waals surface area (Å²) in [7, 11) is 0. The third kappa shape index (κ3) is 3.44. The van der Waals surface area contributed by atoms with E-state index in [1.54, 1.807) is 0 Å². The Morgan fingerprint density at radius 1 is 1.11 bits per heavy atom. The SMILES string of the molecule is CCC(C)(CC)NCc1ccn(-c2ccccc2)n1. The van der Waals surface area contributed by atoms with Crippen LogP contribution in [0.2, 0.25) is 0 Å². The number of benzene rings is 1. The summed E-state index contributed by atoms with van der Waals surface area (Å²) in [6.45, 7) is 7.53. The van der Waals surface area contributed by atoms with Gasteiger partial charge < -0.3 is 5.32 Å². The number of nitrogens with one attached hydrogen (secondary N) is 1. The van der Waals surface area contributed by atoms with Crippen LogP contribution in [-0.2, 0) is 6.54 Å². The summed E-state index contributed by atoms with van der Waals surface area (Å²) in [5.74, 6) is 0. The summed E-state index contributed by atoms with van der Waals surface area (Å²) < 4.78 is 1.92. The molecule has 0 saturated carbocycles. The molecule has 0 amide bonds. The van der Waals surface area contributed by atoms with Crippen LogP contribution in [0.4, 0.5) is 0 Å². The average molecular weight is 257 g/mol. The molecule has 0 atom stereocenters. The lowest BCUT2D eigenvalue weighted by atomic mass is 9.95. The van der Waals surface area contributed by atoms with Crippen molar-refractivity contribution in [2.24, 2.45) is 0 Å². The molecule has 19 heavy (non-hydrogen) atoms. The van der Waals surface area contributed by atoms with Crippen LogP contribution in [0.25, 0.3) is 5.69 Å². The Morgan fingerprint density at radius 2 is 1.79 bits per heavy atom. The Balaban J connectivity index is 2.02. The van der Waals surface area contributed by atoms with E-state index < -0.39 is 0 Å². The number of hydrogen-bond donors (Lipinski definition) is 1. The molecule has 0 saturated heterocycles. The van der Waals surface area contributed by atoms with Gasteiger partial charge >= 0.3 is 0 Å². The van der Waals surface area contributed by atoms with Crippen molar-refractivity contribution in [3.63, 3.8) is 0 Å². The summed E-state index contributed by atoms with van der Waals surface area (Å²) >= 11 is 0. The van der Waals surface area contributed by atoms with E-state index in [1.807, 2.05) is 29.1 Å². The molecular weight excluding hydrogens is 234 g/mol. The number of nitrogens with zero attached hydrogens (tertiary/aromatic N) is 2. The fraction of sp³-hybridized carbons (Fsp3) is 0.438. The molecule has 2 rings (SSSR count). The standard InChI is InChI=1S/C16H23N3/c1-4-16(3,5-2)17-13-14-11-12-19(18-14)15-9-7-6-8-10-15/h6-12,17H,4-5,13H2,1-3H3. The fourth-order valence-corrected chi connectivity index (χ4v) is 1.98. The van der Waals surface area contributed by atoms with Gasteiger partial charge in [0.1, 0.15) is 0 Å². The van der Waals surface area contributed by atoms with Gasteiger partial charge in [-0.2, -0.15) is 5.10 Å². The lowest BCUT2D eigenvalue weighted by Gasteiger charge is -2.27. The zero-order valence-corrected chi connectivity index (χ0v) is 12.1. The van der Waals surface area contributed by atoms with E-state index in [0.717, 1.165) is 30.8 Å². The Hall–Kier alpha value is -1.61. The van der Waals surface area contributed by atoms with Gasteiger partial charge in [-0.05, 0) is 38.0 Å². The van der Waals surface area contributed by atoms with Gasteiger partial charge in [0.25, 0.3) is 0 Å². The molecule has 1 heterocycles. The van der Waals surface area contributed by atoms with Gasteiger partial charge in [0, 0.05) is 18.3 Å². The maximum atomic E-state index is 4.61. The first-order valence-electron chi connectivity index (χ1n) is 7.02. The summed E-state index contributed by atoms with van der Waals surface area (Å²) in [5.41, 5.74) is 2.38. The van der Waals surface area contributed by atoms with E-state index in [-0.39, 0.29) is 5.54 Å². The molecule has 3 nitrogen and oxygen atoms in total. The first-order valence-corrected chi connectivity index (χ1v) is 7.02. The molecule has 0 unspecified atom stereocenters. The highest BCUT2D eigenvalue weighted by atomic mass is 15.3. The number of hydrogen-bond acceptors (Lipinski definition) is 2. The zero-order valence-electron chi connectivity index (χ0n) is 12.1. The molecule has 0 aliphatic heterocycles. The molecule has 0 fully saturated rings. The molecule has 0 aliphatic carbocycles. The minimum Gasteiger partial charge on any atom is -0.306 e. The molecule has 0 spiro atoms. The van der Waals surface area contributed by atoms with E-state index in [0.29, 0.717) is 0 Å². The van der Waals surface area contributed by atoms with Crippen molar-refractivity contribution in [3.8, 4) is 5.69 Å². The minimum absolute atomic E-state index is 0.205. The quantitative estimate of drug-likeness (QED) is 0.857. The highest BCUT2D eigenvalue weighted by Gasteiger charge is 2.18. The second kappa shape index (κ2) is 6.02. The topological polar surface area (TPSA) is 29.9 Å². The smallest absolute Gasteiger partial charge is 0.0767 e. The fourth-order valence-electron chi connectivity index (χ4n) is 1.98. The van der Waals surface area contributed by atoms with Gasteiger partial charge in [0.2, 0.25) is 0 Å². The Morgan fingerprint density at radius 3 is 2.42 bits per heavy atom. The predicted molar refractivity (Wildman–Crippen MR) is 79.4 cm³/mol. The molecule has 0 aliphatic rings. The Kier molecular flexibility index (Phi) is 4.38. The molecule has 0 bridgehead atoms. The molecule has 1 aromatic carbocycles. The first kappa shape index (κ1) is 13.8. The predicted octanol–water partition coefficient (Wildman–Crippen LogP) is 3.54. The molecule has 0 radical (unpaired) electrons. The summed E-state index contributed by atoms with van der Waals surface area (Å²) in [5, 5.41) is 8.21. The molecular formula is C16H23N3. The van der Waals surface area contributed by atoms with Crippen LogP contribution >= 0.6 is 0 Å². The maximum absolute atomic E-state index is 4.61. The summed E-state index contributed by atoms with van der Waals surface area (Å²) in [6, 6.07) is 12.3. The normalized spacial score (nSPS) is 11.7. The molecule has 2 aromatic rings. The lowest BCUT2D eigenvalue weighted by Crippen LogP contribution is -2.40. The van der Waals surface area contributed by atoms with Crippen LogP contribution in [0.5, 0.6) is 0 Å². The third-order valence-corrected chi connectivity index (χ3v) is 3.92. The number of para-hydroxylation sites is 1. The van der Waals surface area contributed by atoms with E-state index in [4.69, 9.17) is 0 Å². The highest BCUT2D eigenvalue weighted by Crippen LogP contribution is 2.14. The van der Waals surface area contributed by atoms with E-state index in [1.165, 1.54) is 0 Å². The molecule has 102 valence electrons. The van der Waals surface area contributed by atoms with Crippen molar-refractivity contribution >= 4 is 0 Å². The van der Waals surface area contributed by atoms with Gasteiger partial charge in [-0.25, -0.2) is 4.68 Å². The van der Waals surface area contributed by atoms with Crippen molar-refractivity contribution in [2.75, 3.05) is 0 Å². The summed E-state index contributed by atoms with van der Waals surface area (Å²) in [4.78, 5) is 0. The van der Waals surface area contributed by atoms with Crippen molar-refractivity contribution < 1.29 is 0 Å². The second-order valence-electron chi connectivity index (χ2n) is 5.21. The van der Waals surface area contributed by atoms with Crippen LogP contribution in [-0.4, -0.2) is 15.3 Å². The van der Waals surface area contributed by atoms with Crippen molar-refractivity contribution in [2.45, 2.75) is 45.7 Å². The molecule has 1 N–H and O–H groups in total. The minimum atomic E-state index is 0.205. The van der Waals surface area contributed by atoms with Gasteiger partial charge in [0.05, 0.1) is 11.4 Å². The van der Waals surface area contributed by atoms with Crippen molar-refractivity contribution in [3.05, 3.63) is 48.3 Å². The molecule has 1 aromatic heterocycles. The van der Waals surface area contributed by atoms with Gasteiger partial charge in [-0.1, -0.05) is 32.0 Å². The van der Waals surface area contributed by atoms with Gasteiger partial charge in [-0.3, -0.25) is 0 Å². The lowest BCUT2D eigenvalue weighted by molar-refractivity contribution is 0.327. The first-order chi connectivity index (χ1) is 9.17. The zero-order chi connectivity index (χ0) is 13.7. The van der Waals surface area contributed by atoms with Crippen molar-refractivity contribution in [1.29, 1.82) is 0 Å². The van der Waals surface area contributed by atoms with Gasteiger partial charge in [0.15, 0.2) is 0 Å². The van der Waals surface area contributed by atoms with Crippen LogP contribution in [0.1, 0.15) is 39.3 Å². The van der Waals surface area contributed by atoms with Crippen LogP contribution in [0.3, 0.4) is 0 Å². The maximum Gasteiger partial charge on any atom is 0.0767 e. The van der Waals surface area contributed by atoms with Crippen LogP contribution < -0.4 is 5.32 Å². The Labute approximate surface area is 115 Å². The number of aromatic nitrogens is 2. The Bertz CT molecular complexity index is 498. The van der Waals surface area contributed by atoms with Crippen molar-refractivity contribution in [1.82, 2.24) is 15.1 Å². The van der Waals surface area contributed by atoms with Crippen LogP contribution in [0, 0.1) is 0 Å². The monoisotopic (exact) mass is 257 g/mol. The largest absolute Gasteiger partial charge is 0.306 e. The second-order valence-corrected chi connectivity index (χ2v) is 5.21. The summed E-state index contributed by atoms with van der Waals surface area (Å²) in [6.07, 6.45) is 4.27. The van der Waals surface area contributed by atoms with E-state index >= 15 is 0 Å². The van der Waals surface area contributed by atoms with Crippen LogP contribution in [0.15, 0.2) is 42.6 Å². The molecule has 3 heteroatoms. The number of rotatable bonds is 6. The van der Waals surface area contributed by atoms with E-state index in [9.17, 15) is 0 Å². The van der Waals surface area contributed by atoms with Gasteiger partial charge in [-0.15, -0.1) is 0 Å². The third-order valence-electron chi connectivity index (χ3n) is 3.92. The average Bonchev–Trinajstić information content (AvgIpc) is 2.95. The van der Waals surface area contributed by atoms with E-state index in [2.05, 4.69) is 49.4 Å².